The summed E-state index contributed by atoms with van der Waals surface area (Å²) in [6, 6.07) is 13.7. The molecule has 0 amide bonds. The number of aromatic nitrogens is 1. The molecule has 0 atom stereocenters. The molecule has 1 heterocycles. The first-order chi connectivity index (χ1) is 12.3. The molecule has 1 aliphatic carbocycles. The van der Waals surface area contributed by atoms with Gasteiger partial charge in [-0.25, -0.2) is 4.57 Å². The van der Waals surface area contributed by atoms with E-state index in [0.29, 0.717) is 5.41 Å². The van der Waals surface area contributed by atoms with Gasteiger partial charge in [0.25, 0.3) is 0 Å². The molecule has 1 saturated carbocycles. The molecule has 0 N–H and O–H groups in total. The summed E-state index contributed by atoms with van der Waals surface area (Å²) >= 11 is 0. The average molecular weight is 348 g/mol. The summed E-state index contributed by atoms with van der Waals surface area (Å²) in [5.74, 6) is 0. The Morgan fingerprint density at radius 1 is 1.08 bits per heavy atom. The van der Waals surface area contributed by atoms with Crippen molar-refractivity contribution in [3.63, 3.8) is 0 Å². The highest BCUT2D eigenvalue weighted by Crippen LogP contribution is 2.40. The fourth-order valence-electron chi connectivity index (χ4n) is 4.27. The van der Waals surface area contributed by atoms with Gasteiger partial charge >= 0.3 is 0 Å². The number of nitrogens with zero attached hydrogens (tertiary/aromatic N) is 2. The van der Waals surface area contributed by atoms with Gasteiger partial charge in [-0.05, 0) is 62.3 Å². The quantitative estimate of drug-likeness (QED) is 0.673. The molecule has 0 bridgehead atoms. The highest BCUT2D eigenvalue weighted by atomic mass is 14.9. The topological polar surface area (TPSA) is 27.7 Å². The zero-order valence-corrected chi connectivity index (χ0v) is 16.9. The second kappa shape index (κ2) is 6.88. The first kappa shape index (κ1) is 18.6. The van der Waals surface area contributed by atoms with Crippen molar-refractivity contribution in [2.24, 2.45) is 7.05 Å². The second-order valence-corrected chi connectivity index (χ2v) is 8.80. The number of pyridine rings is 1. The fraction of sp³-hybridized carbons (Fsp3) is 0.500. The largest absolute Gasteiger partial charge is 0.212 e. The minimum Gasteiger partial charge on any atom is -0.201 e. The van der Waals surface area contributed by atoms with E-state index in [1.54, 1.807) is 0 Å². The van der Waals surface area contributed by atoms with E-state index >= 15 is 0 Å². The van der Waals surface area contributed by atoms with Crippen LogP contribution in [0, 0.1) is 18.3 Å². The van der Waals surface area contributed by atoms with Gasteiger partial charge in [0.05, 0.1) is 11.5 Å². The van der Waals surface area contributed by atoms with Gasteiger partial charge in [-0.1, -0.05) is 38.3 Å². The Morgan fingerprint density at radius 3 is 2.35 bits per heavy atom. The molecule has 0 aliphatic heterocycles. The van der Waals surface area contributed by atoms with E-state index in [-0.39, 0.29) is 0 Å². The number of nitriles is 1. The van der Waals surface area contributed by atoms with Crippen molar-refractivity contribution in [2.45, 2.75) is 70.6 Å². The Balaban J connectivity index is 1.97. The van der Waals surface area contributed by atoms with Crippen molar-refractivity contribution < 1.29 is 4.57 Å². The molecule has 2 heteroatoms. The first-order valence-electron chi connectivity index (χ1n) is 9.80. The van der Waals surface area contributed by atoms with E-state index in [1.807, 2.05) is 13.8 Å². The van der Waals surface area contributed by atoms with Crippen LogP contribution in [0.5, 0.6) is 0 Å². The summed E-state index contributed by atoms with van der Waals surface area (Å²) in [6.45, 7) is 8.58. The predicted molar refractivity (Wildman–Crippen MR) is 107 cm³/mol. The molecule has 1 fully saturated rings. The third kappa shape index (κ3) is 3.40. The molecule has 136 valence electrons. The van der Waals surface area contributed by atoms with E-state index in [9.17, 15) is 5.26 Å². The molecule has 0 radical (unpaired) electrons. The Bertz CT molecular complexity index is 849. The van der Waals surface area contributed by atoms with E-state index in [4.69, 9.17) is 0 Å². The molecule has 0 spiro atoms. The van der Waals surface area contributed by atoms with Gasteiger partial charge < -0.3 is 0 Å². The van der Waals surface area contributed by atoms with Crippen LogP contribution in [0.15, 0.2) is 36.5 Å². The zero-order chi connectivity index (χ0) is 18.9. The van der Waals surface area contributed by atoms with E-state index in [0.717, 1.165) is 5.56 Å². The second-order valence-electron chi connectivity index (χ2n) is 8.80. The summed E-state index contributed by atoms with van der Waals surface area (Å²) in [5, 5.41) is 9.39. The SMILES string of the molecule is Cc1cc(C2(C)CCCCC2)ccc1-c1ccc(C(C)(C)C#N)c[n+]1C. The van der Waals surface area contributed by atoms with Gasteiger partial charge in [-0.2, -0.15) is 5.26 Å². The number of benzene rings is 1. The van der Waals surface area contributed by atoms with Gasteiger partial charge in [0.1, 0.15) is 7.05 Å². The van der Waals surface area contributed by atoms with Gasteiger partial charge in [0.15, 0.2) is 6.20 Å². The van der Waals surface area contributed by atoms with E-state index in [1.165, 1.54) is 54.5 Å². The zero-order valence-electron chi connectivity index (χ0n) is 16.9. The minimum atomic E-state index is -0.467. The van der Waals surface area contributed by atoms with Crippen LogP contribution in [0.25, 0.3) is 11.3 Å². The van der Waals surface area contributed by atoms with E-state index in [2.05, 4.69) is 68.1 Å². The number of rotatable bonds is 3. The number of hydrogen-bond donors (Lipinski definition) is 0. The first-order valence-corrected chi connectivity index (χ1v) is 9.80. The van der Waals surface area contributed by atoms with Crippen LogP contribution in [0.4, 0.5) is 0 Å². The lowest BCUT2D eigenvalue weighted by Crippen LogP contribution is -2.33. The Labute approximate surface area is 158 Å². The van der Waals surface area contributed by atoms with Crippen LogP contribution in [-0.2, 0) is 17.9 Å². The summed E-state index contributed by atoms with van der Waals surface area (Å²) in [4.78, 5) is 0. The maximum absolute atomic E-state index is 9.39. The third-order valence-electron chi connectivity index (χ3n) is 6.29. The van der Waals surface area contributed by atoms with Crippen molar-refractivity contribution in [2.75, 3.05) is 0 Å². The maximum atomic E-state index is 9.39. The van der Waals surface area contributed by atoms with Gasteiger partial charge in [0.2, 0.25) is 5.69 Å². The van der Waals surface area contributed by atoms with Crippen LogP contribution in [0.1, 0.15) is 69.6 Å². The molecule has 0 unspecified atom stereocenters. The summed E-state index contributed by atoms with van der Waals surface area (Å²) in [7, 11) is 2.07. The van der Waals surface area contributed by atoms with Crippen LogP contribution < -0.4 is 4.57 Å². The molecule has 1 aliphatic rings. The normalized spacial score (nSPS) is 16.9. The number of aryl methyl sites for hydroxylation is 2. The van der Waals surface area contributed by atoms with Crippen LogP contribution in [-0.4, -0.2) is 0 Å². The monoisotopic (exact) mass is 347 g/mol. The molecule has 1 aromatic carbocycles. The van der Waals surface area contributed by atoms with Gasteiger partial charge in [-0.3, -0.25) is 0 Å². The molecule has 0 saturated heterocycles. The Kier molecular flexibility index (Phi) is 4.93. The van der Waals surface area contributed by atoms with Crippen LogP contribution >= 0.6 is 0 Å². The molecular formula is C24H31N2+. The minimum absolute atomic E-state index is 0.338. The molecule has 1 aromatic heterocycles. The summed E-state index contributed by atoms with van der Waals surface area (Å²) < 4.78 is 2.15. The average Bonchev–Trinajstić information content (AvgIpc) is 2.62. The van der Waals surface area contributed by atoms with Crippen LogP contribution in [0.2, 0.25) is 0 Å². The van der Waals surface area contributed by atoms with Crippen molar-refractivity contribution in [3.8, 4) is 17.3 Å². The molecule has 26 heavy (non-hydrogen) atoms. The highest BCUT2D eigenvalue weighted by Gasteiger charge is 2.29. The lowest BCUT2D eigenvalue weighted by molar-refractivity contribution is -0.661. The molecular weight excluding hydrogens is 316 g/mol. The Morgan fingerprint density at radius 2 is 1.77 bits per heavy atom. The molecule has 2 aromatic rings. The van der Waals surface area contributed by atoms with Crippen molar-refractivity contribution in [1.82, 2.24) is 0 Å². The van der Waals surface area contributed by atoms with Crippen molar-refractivity contribution >= 4 is 0 Å². The van der Waals surface area contributed by atoms with Gasteiger partial charge in [0, 0.05) is 17.2 Å². The number of hydrogen-bond acceptors (Lipinski definition) is 1. The van der Waals surface area contributed by atoms with Gasteiger partial charge in [-0.15, -0.1) is 0 Å². The van der Waals surface area contributed by atoms with Crippen LogP contribution in [0.3, 0.4) is 0 Å². The Hall–Kier alpha value is -2.14. The predicted octanol–water partition coefficient (Wildman–Crippen LogP) is 5.51. The smallest absolute Gasteiger partial charge is 0.201 e. The standard InChI is InChI=1S/C24H31N2/c1-18-15-19(24(4)13-7-6-8-14-24)9-11-21(18)22-12-10-20(16-26(22)5)23(2,3)17-25/h9-12,15-16H,6-8,13-14H2,1-5H3/q+1. The third-order valence-corrected chi connectivity index (χ3v) is 6.29. The fourth-order valence-corrected chi connectivity index (χ4v) is 4.27. The molecule has 2 nitrogen and oxygen atoms in total. The van der Waals surface area contributed by atoms with E-state index < -0.39 is 5.41 Å². The van der Waals surface area contributed by atoms with Crippen molar-refractivity contribution in [1.29, 1.82) is 5.26 Å². The van der Waals surface area contributed by atoms with Crippen molar-refractivity contribution in [3.05, 3.63) is 53.2 Å². The lowest BCUT2D eigenvalue weighted by atomic mass is 9.70. The lowest BCUT2D eigenvalue weighted by Gasteiger charge is -2.34. The summed E-state index contributed by atoms with van der Waals surface area (Å²) in [5.41, 5.74) is 6.21. The maximum Gasteiger partial charge on any atom is 0.212 e. The highest BCUT2D eigenvalue weighted by molar-refractivity contribution is 5.62. The molecule has 3 rings (SSSR count). The summed E-state index contributed by atoms with van der Waals surface area (Å²) in [6.07, 6.45) is 8.78.